The summed E-state index contributed by atoms with van der Waals surface area (Å²) >= 11 is 13.6. The highest BCUT2D eigenvalue weighted by molar-refractivity contribution is 7.99. The zero-order valence-corrected chi connectivity index (χ0v) is 13.5. The van der Waals surface area contributed by atoms with Crippen molar-refractivity contribution in [1.82, 2.24) is 0 Å². The van der Waals surface area contributed by atoms with Gasteiger partial charge in [-0.25, -0.2) is 0 Å². The number of hydrogen-bond acceptors (Lipinski definition) is 4. The van der Waals surface area contributed by atoms with Crippen molar-refractivity contribution < 1.29 is 9.90 Å². The number of carbonyl (C=O) groups excluding carboxylic acids is 1. The fourth-order valence-corrected chi connectivity index (χ4v) is 3.02. The first-order chi connectivity index (χ1) is 9.43. The number of halogens is 2. The van der Waals surface area contributed by atoms with Crippen molar-refractivity contribution in [2.45, 2.75) is 13.3 Å². The molecule has 0 aromatic heterocycles. The molecule has 1 aromatic carbocycles. The van der Waals surface area contributed by atoms with Gasteiger partial charge in [0.2, 0.25) is 5.91 Å². The normalized spacial score (nSPS) is 12.2. The summed E-state index contributed by atoms with van der Waals surface area (Å²) in [5.41, 5.74) is 6.43. The molecule has 4 nitrogen and oxygen atoms in total. The first-order valence-corrected chi connectivity index (χ1v) is 8.08. The lowest BCUT2D eigenvalue weighted by Crippen LogP contribution is -2.14. The summed E-state index contributed by atoms with van der Waals surface area (Å²) in [7, 11) is 0. The molecule has 0 radical (unpaired) electrons. The molecule has 7 heteroatoms. The van der Waals surface area contributed by atoms with Crippen LogP contribution in [0.4, 0.5) is 11.4 Å². The lowest BCUT2D eigenvalue weighted by Gasteiger charge is -2.10. The second-order valence-electron chi connectivity index (χ2n) is 4.52. The van der Waals surface area contributed by atoms with Gasteiger partial charge >= 0.3 is 0 Å². The van der Waals surface area contributed by atoms with Gasteiger partial charge in [-0.15, -0.1) is 0 Å². The zero-order chi connectivity index (χ0) is 15.1. The van der Waals surface area contributed by atoms with Gasteiger partial charge in [0.1, 0.15) is 0 Å². The minimum atomic E-state index is -0.150. The third-order valence-electron chi connectivity index (χ3n) is 2.52. The molecular weight excluding hydrogens is 319 g/mol. The molecule has 0 heterocycles. The van der Waals surface area contributed by atoms with Crippen LogP contribution in [0.25, 0.3) is 0 Å². The number of hydrogen-bond donors (Lipinski definition) is 3. The molecule has 0 aliphatic heterocycles. The Balaban J connectivity index is 2.43. The van der Waals surface area contributed by atoms with Crippen LogP contribution in [-0.4, -0.2) is 29.1 Å². The van der Waals surface area contributed by atoms with E-state index in [1.807, 2.05) is 6.92 Å². The van der Waals surface area contributed by atoms with E-state index in [1.54, 1.807) is 23.9 Å². The maximum atomic E-state index is 11.8. The van der Waals surface area contributed by atoms with Crippen LogP contribution in [0.2, 0.25) is 10.0 Å². The Morgan fingerprint density at radius 1 is 1.45 bits per heavy atom. The number of nitrogen functional groups attached to an aromatic ring is 1. The molecule has 1 rings (SSSR count). The number of nitrogens with one attached hydrogen (secondary N) is 1. The predicted octanol–water partition coefficient (Wildman–Crippen LogP) is 3.27. The Kier molecular flexibility index (Phi) is 7.51. The Hall–Kier alpha value is -0.620. The lowest BCUT2D eigenvalue weighted by atomic mass is 10.2. The van der Waals surface area contributed by atoms with E-state index < -0.39 is 0 Å². The van der Waals surface area contributed by atoms with Crippen LogP contribution < -0.4 is 11.1 Å². The summed E-state index contributed by atoms with van der Waals surface area (Å²) in [6.07, 6.45) is 0.361. The van der Waals surface area contributed by atoms with E-state index in [1.165, 1.54) is 0 Å². The van der Waals surface area contributed by atoms with Crippen molar-refractivity contribution in [2.75, 3.05) is 29.2 Å². The number of amides is 1. The molecule has 0 saturated carbocycles. The van der Waals surface area contributed by atoms with Crippen molar-refractivity contribution in [2.24, 2.45) is 5.92 Å². The summed E-state index contributed by atoms with van der Waals surface area (Å²) in [4.78, 5) is 11.8. The molecule has 20 heavy (non-hydrogen) atoms. The number of anilines is 2. The van der Waals surface area contributed by atoms with E-state index in [0.717, 1.165) is 5.75 Å². The van der Waals surface area contributed by atoms with Gasteiger partial charge in [-0.3, -0.25) is 4.79 Å². The van der Waals surface area contributed by atoms with E-state index in [4.69, 9.17) is 34.0 Å². The molecule has 0 bridgehead atoms. The van der Waals surface area contributed by atoms with Gasteiger partial charge in [-0.1, -0.05) is 30.1 Å². The van der Waals surface area contributed by atoms with E-state index in [9.17, 15) is 4.79 Å². The van der Waals surface area contributed by atoms with Crippen molar-refractivity contribution in [3.63, 3.8) is 0 Å². The monoisotopic (exact) mass is 336 g/mol. The number of nitrogens with two attached hydrogens (primary N) is 1. The quantitative estimate of drug-likeness (QED) is 0.527. The minimum absolute atomic E-state index is 0.150. The van der Waals surface area contributed by atoms with Crippen molar-refractivity contribution in [3.8, 4) is 0 Å². The Morgan fingerprint density at radius 3 is 2.60 bits per heavy atom. The molecule has 1 aromatic rings. The van der Waals surface area contributed by atoms with Gasteiger partial charge in [0.05, 0.1) is 15.7 Å². The molecule has 0 saturated heterocycles. The second kappa shape index (κ2) is 8.62. The number of rotatable bonds is 7. The average Bonchev–Trinajstić information content (AvgIpc) is 2.38. The van der Waals surface area contributed by atoms with Crippen LogP contribution in [0, 0.1) is 5.92 Å². The summed E-state index contributed by atoms with van der Waals surface area (Å²) in [5, 5.41) is 12.2. The molecule has 0 aliphatic carbocycles. The molecule has 1 unspecified atom stereocenters. The molecule has 0 fully saturated rings. The van der Waals surface area contributed by atoms with Gasteiger partial charge < -0.3 is 16.2 Å². The number of aliphatic hydroxyl groups excluding tert-OH is 1. The molecule has 112 valence electrons. The highest BCUT2D eigenvalue weighted by Gasteiger charge is 2.11. The highest BCUT2D eigenvalue weighted by atomic mass is 35.5. The summed E-state index contributed by atoms with van der Waals surface area (Å²) in [6, 6.07) is 3.08. The largest absolute Gasteiger partial charge is 0.399 e. The van der Waals surface area contributed by atoms with Crippen LogP contribution in [-0.2, 0) is 4.79 Å². The maximum Gasteiger partial charge on any atom is 0.225 e. The number of thioether (sulfide) groups is 1. The van der Waals surface area contributed by atoms with Crippen molar-refractivity contribution in [1.29, 1.82) is 0 Å². The second-order valence-corrected chi connectivity index (χ2v) is 6.48. The fraction of sp³-hybridized carbons (Fsp3) is 0.462. The Labute approximate surface area is 133 Å². The van der Waals surface area contributed by atoms with Gasteiger partial charge in [0.15, 0.2) is 0 Å². The zero-order valence-electron chi connectivity index (χ0n) is 11.2. The van der Waals surface area contributed by atoms with E-state index in [2.05, 4.69) is 5.32 Å². The van der Waals surface area contributed by atoms with Gasteiger partial charge in [-0.05, 0) is 23.8 Å². The standard InChI is InChI=1S/C13H18Cl2N2O2S/c1-8(6-18)7-20-3-2-12(19)17-13-10(14)4-9(16)5-11(13)15/h4-5,8,18H,2-3,6-7,16H2,1H3,(H,17,19). The fourth-order valence-electron chi connectivity index (χ4n) is 1.42. The van der Waals surface area contributed by atoms with Gasteiger partial charge in [0.25, 0.3) is 0 Å². The number of benzene rings is 1. The first kappa shape index (κ1) is 17.4. The molecular formula is C13H18Cl2N2O2S. The van der Waals surface area contributed by atoms with Crippen LogP contribution in [0.15, 0.2) is 12.1 Å². The molecule has 1 atom stereocenters. The number of carbonyl (C=O) groups is 1. The molecule has 0 spiro atoms. The van der Waals surface area contributed by atoms with Crippen LogP contribution >= 0.6 is 35.0 Å². The minimum Gasteiger partial charge on any atom is -0.399 e. The Bertz CT molecular complexity index is 449. The molecule has 1 amide bonds. The van der Waals surface area contributed by atoms with Crippen LogP contribution in [0.1, 0.15) is 13.3 Å². The van der Waals surface area contributed by atoms with Gasteiger partial charge in [0, 0.05) is 24.5 Å². The van der Waals surface area contributed by atoms with Crippen LogP contribution in [0.3, 0.4) is 0 Å². The Morgan fingerprint density at radius 2 is 2.05 bits per heavy atom. The van der Waals surface area contributed by atoms with E-state index in [-0.39, 0.29) is 18.4 Å². The van der Waals surface area contributed by atoms with Gasteiger partial charge in [-0.2, -0.15) is 11.8 Å². The average molecular weight is 337 g/mol. The maximum absolute atomic E-state index is 11.8. The smallest absolute Gasteiger partial charge is 0.225 e. The van der Waals surface area contributed by atoms with Crippen LogP contribution in [0.5, 0.6) is 0 Å². The third-order valence-corrected chi connectivity index (χ3v) is 4.41. The molecule has 4 N–H and O–H groups in total. The summed E-state index contributed by atoms with van der Waals surface area (Å²) in [6.45, 7) is 2.12. The topological polar surface area (TPSA) is 75.3 Å². The highest BCUT2D eigenvalue weighted by Crippen LogP contribution is 2.32. The summed E-state index contributed by atoms with van der Waals surface area (Å²) in [5.74, 6) is 1.60. The van der Waals surface area contributed by atoms with E-state index in [0.29, 0.717) is 33.6 Å². The SMILES string of the molecule is CC(CO)CSCCC(=O)Nc1c(Cl)cc(N)cc1Cl. The molecule has 0 aliphatic rings. The lowest BCUT2D eigenvalue weighted by molar-refractivity contribution is -0.115. The summed E-state index contributed by atoms with van der Waals surface area (Å²) < 4.78 is 0. The van der Waals surface area contributed by atoms with Crippen molar-refractivity contribution >= 4 is 52.2 Å². The predicted molar refractivity (Wildman–Crippen MR) is 87.7 cm³/mol. The van der Waals surface area contributed by atoms with E-state index >= 15 is 0 Å². The number of aliphatic hydroxyl groups is 1. The van der Waals surface area contributed by atoms with Crippen molar-refractivity contribution in [3.05, 3.63) is 22.2 Å². The third kappa shape index (κ3) is 5.79. The first-order valence-electron chi connectivity index (χ1n) is 6.17.